The molecular weight excluding hydrogens is 270 g/mol. The Morgan fingerprint density at radius 3 is 3.10 bits per heavy atom. The highest BCUT2D eigenvalue weighted by Crippen LogP contribution is 2.12. The van der Waals surface area contributed by atoms with E-state index in [0.29, 0.717) is 24.7 Å². The highest BCUT2D eigenvalue weighted by Gasteiger charge is 2.15. The number of carbonyl (C=O) groups is 1. The first-order valence-corrected chi connectivity index (χ1v) is 7.26. The fourth-order valence-electron chi connectivity index (χ4n) is 2.06. The zero-order valence-corrected chi connectivity index (χ0v) is 12.6. The molecule has 1 aromatic rings. The molecular formula is C14H23N5O2. The van der Waals surface area contributed by atoms with Crippen LogP contribution in [0.25, 0.3) is 0 Å². The molecule has 0 spiro atoms. The maximum atomic E-state index is 12.0. The van der Waals surface area contributed by atoms with Gasteiger partial charge in [-0.3, -0.25) is 4.79 Å². The van der Waals surface area contributed by atoms with Gasteiger partial charge in [0.25, 0.3) is 5.91 Å². The molecule has 2 rings (SSSR count). The third kappa shape index (κ3) is 5.28. The lowest BCUT2D eigenvalue weighted by atomic mass is 10.2. The van der Waals surface area contributed by atoms with E-state index in [1.54, 1.807) is 12.3 Å². The van der Waals surface area contributed by atoms with Crippen LogP contribution in [-0.4, -0.2) is 67.2 Å². The van der Waals surface area contributed by atoms with Crippen LogP contribution in [0.1, 0.15) is 23.3 Å². The van der Waals surface area contributed by atoms with Gasteiger partial charge in [-0.2, -0.15) is 0 Å². The van der Waals surface area contributed by atoms with Crippen LogP contribution in [0, 0.1) is 0 Å². The molecule has 7 heteroatoms. The molecule has 1 aliphatic rings. The van der Waals surface area contributed by atoms with E-state index in [0.717, 1.165) is 26.0 Å². The summed E-state index contributed by atoms with van der Waals surface area (Å²) in [7, 11) is 3.92. The van der Waals surface area contributed by atoms with Crippen LogP contribution in [0.15, 0.2) is 12.3 Å². The van der Waals surface area contributed by atoms with E-state index in [2.05, 4.69) is 20.6 Å². The van der Waals surface area contributed by atoms with Gasteiger partial charge >= 0.3 is 0 Å². The number of nitrogens with zero attached hydrogens (tertiary/aromatic N) is 3. The van der Waals surface area contributed by atoms with Crippen LogP contribution >= 0.6 is 0 Å². The van der Waals surface area contributed by atoms with Crippen molar-refractivity contribution >= 4 is 11.9 Å². The van der Waals surface area contributed by atoms with Crippen LogP contribution in [0.5, 0.6) is 0 Å². The second kappa shape index (κ2) is 7.90. The zero-order chi connectivity index (χ0) is 15.1. The predicted molar refractivity (Wildman–Crippen MR) is 80.4 cm³/mol. The first-order chi connectivity index (χ1) is 10.1. The van der Waals surface area contributed by atoms with Crippen LogP contribution in [0.4, 0.5) is 5.95 Å². The Bertz CT molecular complexity index is 460. The molecule has 0 radical (unpaired) electrons. The van der Waals surface area contributed by atoms with E-state index in [4.69, 9.17) is 4.74 Å². The number of hydrogen-bond acceptors (Lipinski definition) is 6. The lowest BCUT2D eigenvalue weighted by Gasteiger charge is -2.12. The standard InChI is InChI=1S/C14H23N5O2/c1-19(2)8-7-15-13(20)12-5-6-16-14(18-12)17-10-11-4-3-9-21-11/h5-6,11H,3-4,7-10H2,1-2H3,(H,15,20)(H,16,17,18). The number of rotatable bonds is 7. The quantitative estimate of drug-likeness (QED) is 0.755. The first-order valence-electron chi connectivity index (χ1n) is 7.26. The van der Waals surface area contributed by atoms with Gasteiger partial charge in [0.2, 0.25) is 5.95 Å². The number of nitrogens with one attached hydrogen (secondary N) is 2. The van der Waals surface area contributed by atoms with Crippen molar-refractivity contribution < 1.29 is 9.53 Å². The van der Waals surface area contributed by atoms with E-state index >= 15 is 0 Å². The number of hydrogen-bond donors (Lipinski definition) is 2. The minimum Gasteiger partial charge on any atom is -0.376 e. The lowest BCUT2D eigenvalue weighted by Crippen LogP contribution is -2.32. The molecule has 1 aromatic heterocycles. The van der Waals surface area contributed by atoms with Crippen molar-refractivity contribution in [3.8, 4) is 0 Å². The number of amides is 1. The lowest BCUT2D eigenvalue weighted by molar-refractivity contribution is 0.0946. The molecule has 0 aliphatic carbocycles. The molecule has 0 bridgehead atoms. The molecule has 1 amide bonds. The Morgan fingerprint density at radius 1 is 1.52 bits per heavy atom. The largest absolute Gasteiger partial charge is 0.376 e. The molecule has 116 valence electrons. The van der Waals surface area contributed by atoms with Gasteiger partial charge in [0.1, 0.15) is 5.69 Å². The molecule has 1 unspecified atom stereocenters. The van der Waals surface area contributed by atoms with Crippen LogP contribution < -0.4 is 10.6 Å². The molecule has 7 nitrogen and oxygen atoms in total. The minimum absolute atomic E-state index is 0.181. The summed E-state index contributed by atoms with van der Waals surface area (Å²) < 4.78 is 5.53. The summed E-state index contributed by atoms with van der Waals surface area (Å²) in [5.74, 6) is 0.283. The van der Waals surface area contributed by atoms with Crippen molar-refractivity contribution in [1.82, 2.24) is 20.2 Å². The average molecular weight is 293 g/mol. The maximum Gasteiger partial charge on any atom is 0.270 e. The summed E-state index contributed by atoms with van der Waals surface area (Å²) in [5, 5.41) is 5.95. The Kier molecular flexibility index (Phi) is 5.89. The van der Waals surface area contributed by atoms with E-state index in [-0.39, 0.29) is 12.0 Å². The Hall–Kier alpha value is -1.73. The summed E-state index contributed by atoms with van der Waals surface area (Å²) in [5.41, 5.74) is 0.374. The maximum absolute atomic E-state index is 12.0. The topological polar surface area (TPSA) is 79.4 Å². The van der Waals surface area contributed by atoms with Gasteiger partial charge in [-0.15, -0.1) is 0 Å². The van der Waals surface area contributed by atoms with E-state index in [1.165, 1.54) is 0 Å². The van der Waals surface area contributed by atoms with Crippen molar-refractivity contribution in [2.75, 3.05) is 45.7 Å². The summed E-state index contributed by atoms with van der Waals surface area (Å²) >= 11 is 0. The third-order valence-corrected chi connectivity index (χ3v) is 3.24. The van der Waals surface area contributed by atoms with E-state index in [9.17, 15) is 4.79 Å². The predicted octanol–water partition coefficient (Wildman–Crippen LogP) is 0.359. The summed E-state index contributed by atoms with van der Waals surface area (Å²) in [4.78, 5) is 22.3. The van der Waals surface area contributed by atoms with Gasteiger partial charge in [0.15, 0.2) is 0 Å². The zero-order valence-electron chi connectivity index (χ0n) is 12.6. The normalized spacial score (nSPS) is 18.0. The summed E-state index contributed by atoms with van der Waals surface area (Å²) in [6.45, 7) is 2.88. The van der Waals surface area contributed by atoms with E-state index < -0.39 is 0 Å². The third-order valence-electron chi connectivity index (χ3n) is 3.24. The van der Waals surface area contributed by atoms with Gasteiger partial charge in [-0.05, 0) is 33.0 Å². The monoisotopic (exact) mass is 293 g/mol. The number of likely N-dealkylation sites (N-methyl/N-ethyl adjacent to an activating group) is 1. The second-order valence-electron chi connectivity index (χ2n) is 5.34. The van der Waals surface area contributed by atoms with Crippen LogP contribution in [0.3, 0.4) is 0 Å². The smallest absolute Gasteiger partial charge is 0.270 e. The minimum atomic E-state index is -0.181. The Labute approximate surface area is 125 Å². The fraction of sp³-hybridized carbons (Fsp3) is 0.643. The van der Waals surface area contributed by atoms with Crippen molar-refractivity contribution in [3.63, 3.8) is 0 Å². The summed E-state index contributed by atoms with van der Waals surface area (Å²) in [6.07, 6.45) is 3.96. The molecule has 1 aliphatic heterocycles. The highest BCUT2D eigenvalue weighted by molar-refractivity contribution is 5.92. The van der Waals surface area contributed by atoms with Crippen molar-refractivity contribution in [1.29, 1.82) is 0 Å². The van der Waals surface area contributed by atoms with Crippen LogP contribution in [-0.2, 0) is 4.74 Å². The van der Waals surface area contributed by atoms with Crippen molar-refractivity contribution in [2.24, 2.45) is 0 Å². The molecule has 21 heavy (non-hydrogen) atoms. The molecule has 1 saturated heterocycles. The van der Waals surface area contributed by atoms with Gasteiger partial charge in [0.05, 0.1) is 6.10 Å². The number of carbonyl (C=O) groups excluding carboxylic acids is 1. The SMILES string of the molecule is CN(C)CCNC(=O)c1ccnc(NCC2CCCO2)n1. The molecule has 1 atom stereocenters. The first kappa shape index (κ1) is 15.7. The van der Waals surface area contributed by atoms with Crippen LogP contribution in [0.2, 0.25) is 0 Å². The Morgan fingerprint density at radius 2 is 2.38 bits per heavy atom. The fourth-order valence-corrected chi connectivity index (χ4v) is 2.06. The van der Waals surface area contributed by atoms with Gasteiger partial charge < -0.3 is 20.3 Å². The highest BCUT2D eigenvalue weighted by atomic mass is 16.5. The molecule has 0 saturated carbocycles. The van der Waals surface area contributed by atoms with Gasteiger partial charge in [-0.1, -0.05) is 0 Å². The van der Waals surface area contributed by atoms with E-state index in [1.807, 2.05) is 19.0 Å². The van der Waals surface area contributed by atoms with Gasteiger partial charge in [0, 0.05) is 32.4 Å². The molecule has 2 heterocycles. The number of ether oxygens (including phenoxy) is 1. The average Bonchev–Trinajstić information content (AvgIpc) is 2.98. The van der Waals surface area contributed by atoms with Crippen molar-refractivity contribution in [2.45, 2.75) is 18.9 Å². The Balaban J connectivity index is 1.82. The summed E-state index contributed by atoms with van der Waals surface area (Å²) in [6, 6.07) is 1.61. The number of aromatic nitrogens is 2. The number of anilines is 1. The second-order valence-corrected chi connectivity index (χ2v) is 5.34. The van der Waals surface area contributed by atoms with Gasteiger partial charge in [-0.25, -0.2) is 9.97 Å². The van der Waals surface area contributed by atoms with Crippen molar-refractivity contribution in [3.05, 3.63) is 18.0 Å². The molecule has 2 N–H and O–H groups in total. The molecule has 0 aromatic carbocycles. The molecule has 1 fully saturated rings.